The summed E-state index contributed by atoms with van der Waals surface area (Å²) in [5.41, 5.74) is 1.89. The molecule has 0 aromatic heterocycles. The van der Waals surface area contributed by atoms with Crippen LogP contribution in [0.3, 0.4) is 0 Å². The summed E-state index contributed by atoms with van der Waals surface area (Å²) in [7, 11) is 0. The average Bonchev–Trinajstić information content (AvgIpc) is 3.15. The molecule has 2 unspecified atom stereocenters. The molecule has 2 aromatic carbocycles. The van der Waals surface area contributed by atoms with E-state index < -0.39 is 12.1 Å². The molecule has 33 heavy (non-hydrogen) atoms. The first-order valence-corrected chi connectivity index (χ1v) is 11.6. The van der Waals surface area contributed by atoms with Crippen LogP contribution in [-0.4, -0.2) is 39.6 Å². The largest absolute Gasteiger partial charge is 0.481 e. The lowest BCUT2D eigenvalue weighted by Gasteiger charge is -2.22. The van der Waals surface area contributed by atoms with Gasteiger partial charge in [0.15, 0.2) is 0 Å². The molecule has 1 aliphatic rings. The summed E-state index contributed by atoms with van der Waals surface area (Å²) < 4.78 is 5.90. The number of aliphatic carboxylic acids is 1. The molecule has 1 heterocycles. The number of aliphatic hydroxyl groups is 1. The van der Waals surface area contributed by atoms with Gasteiger partial charge in [0.25, 0.3) is 0 Å². The zero-order valence-electron chi connectivity index (χ0n) is 19.2. The van der Waals surface area contributed by atoms with Crippen molar-refractivity contribution in [1.29, 1.82) is 0 Å². The number of benzene rings is 2. The second kappa shape index (κ2) is 12.2. The van der Waals surface area contributed by atoms with Crippen molar-refractivity contribution >= 4 is 11.9 Å². The van der Waals surface area contributed by atoms with Crippen molar-refractivity contribution in [1.82, 2.24) is 4.90 Å². The van der Waals surface area contributed by atoms with Crippen LogP contribution >= 0.6 is 0 Å². The Labute approximate surface area is 195 Å². The standard InChI is InChI=1S/C27H33NO5/c1-20-10-14-23(15-11-20)33-24-8-6-7-21(19-24)25(29)16-12-22-13-17-26(30)28(22)18-5-3-2-4-9-27(31)32/h6-8,10-12,14-16,19,22,25,29H,2-5,9,13,17-18H2,1H3,(H,31,32). The lowest BCUT2D eigenvalue weighted by atomic mass is 10.1. The van der Waals surface area contributed by atoms with Gasteiger partial charge in [-0.1, -0.05) is 54.8 Å². The number of carbonyl (C=O) groups is 2. The molecule has 1 saturated heterocycles. The van der Waals surface area contributed by atoms with E-state index in [-0.39, 0.29) is 18.4 Å². The average molecular weight is 452 g/mol. The van der Waals surface area contributed by atoms with Crippen molar-refractivity contribution in [3.8, 4) is 11.5 Å². The molecular weight excluding hydrogens is 418 g/mol. The highest BCUT2D eigenvalue weighted by Gasteiger charge is 2.28. The number of rotatable bonds is 12. The predicted molar refractivity (Wildman–Crippen MR) is 127 cm³/mol. The van der Waals surface area contributed by atoms with E-state index in [0.29, 0.717) is 25.1 Å². The number of carboxylic acids is 1. The third kappa shape index (κ3) is 7.75. The summed E-state index contributed by atoms with van der Waals surface area (Å²) in [6.45, 7) is 2.69. The second-order valence-electron chi connectivity index (χ2n) is 8.57. The van der Waals surface area contributed by atoms with E-state index in [2.05, 4.69) is 0 Å². The highest BCUT2D eigenvalue weighted by atomic mass is 16.5. The fraction of sp³-hybridized carbons (Fsp3) is 0.407. The van der Waals surface area contributed by atoms with Gasteiger partial charge in [-0.3, -0.25) is 9.59 Å². The lowest BCUT2D eigenvalue weighted by Crippen LogP contribution is -2.32. The number of amides is 1. The number of aryl methyl sites for hydroxylation is 1. The molecular formula is C27H33NO5. The van der Waals surface area contributed by atoms with Crippen molar-refractivity contribution in [2.75, 3.05) is 6.54 Å². The summed E-state index contributed by atoms with van der Waals surface area (Å²) in [5.74, 6) is 0.772. The molecule has 2 N–H and O–H groups in total. The molecule has 0 saturated carbocycles. The number of carboxylic acid groups (broad SMARTS) is 1. The van der Waals surface area contributed by atoms with Gasteiger partial charge in [0.1, 0.15) is 11.5 Å². The van der Waals surface area contributed by atoms with Crippen LogP contribution in [0.15, 0.2) is 60.7 Å². The Morgan fingerprint density at radius 3 is 2.64 bits per heavy atom. The number of likely N-dealkylation sites (tertiary alicyclic amines) is 1. The van der Waals surface area contributed by atoms with Crippen LogP contribution in [0.25, 0.3) is 0 Å². The van der Waals surface area contributed by atoms with Gasteiger partial charge in [-0.2, -0.15) is 0 Å². The molecule has 6 heteroatoms. The predicted octanol–water partition coefficient (Wildman–Crippen LogP) is 5.40. The zero-order valence-corrected chi connectivity index (χ0v) is 19.2. The molecule has 1 amide bonds. The van der Waals surface area contributed by atoms with E-state index in [9.17, 15) is 14.7 Å². The molecule has 1 fully saturated rings. The van der Waals surface area contributed by atoms with Crippen LogP contribution in [0.5, 0.6) is 11.5 Å². The van der Waals surface area contributed by atoms with Crippen LogP contribution in [0.2, 0.25) is 0 Å². The van der Waals surface area contributed by atoms with Crippen LogP contribution in [-0.2, 0) is 9.59 Å². The van der Waals surface area contributed by atoms with Gasteiger partial charge >= 0.3 is 5.97 Å². The van der Waals surface area contributed by atoms with Gasteiger partial charge in [-0.25, -0.2) is 0 Å². The summed E-state index contributed by atoms with van der Waals surface area (Å²) in [4.78, 5) is 24.7. The number of nitrogens with zero attached hydrogens (tertiary/aromatic N) is 1. The van der Waals surface area contributed by atoms with Gasteiger partial charge in [0, 0.05) is 19.4 Å². The molecule has 0 spiro atoms. The normalized spacial score (nSPS) is 17.0. The molecule has 1 aliphatic heterocycles. The van der Waals surface area contributed by atoms with Crippen molar-refractivity contribution in [3.63, 3.8) is 0 Å². The number of carbonyl (C=O) groups excluding carboxylic acids is 1. The first kappa shape index (κ1) is 24.5. The van der Waals surface area contributed by atoms with E-state index in [1.807, 2.05) is 66.4 Å². The van der Waals surface area contributed by atoms with Crippen molar-refractivity contribution in [2.45, 2.75) is 64.0 Å². The maximum Gasteiger partial charge on any atom is 0.303 e. The van der Waals surface area contributed by atoms with Gasteiger partial charge in [0.2, 0.25) is 5.91 Å². The molecule has 176 valence electrons. The fourth-order valence-corrected chi connectivity index (χ4v) is 4.01. The number of unbranched alkanes of at least 4 members (excludes halogenated alkanes) is 3. The highest BCUT2D eigenvalue weighted by molar-refractivity contribution is 5.79. The number of aliphatic hydroxyl groups excluding tert-OH is 1. The second-order valence-corrected chi connectivity index (χ2v) is 8.57. The number of ether oxygens (including phenoxy) is 1. The Morgan fingerprint density at radius 1 is 1.12 bits per heavy atom. The van der Waals surface area contributed by atoms with E-state index in [0.717, 1.165) is 42.6 Å². The quantitative estimate of drug-likeness (QED) is 0.333. The fourth-order valence-electron chi connectivity index (χ4n) is 4.01. The molecule has 6 nitrogen and oxygen atoms in total. The molecule has 0 bridgehead atoms. The maximum atomic E-state index is 12.3. The molecule has 2 atom stereocenters. The Morgan fingerprint density at radius 2 is 1.88 bits per heavy atom. The Hall–Kier alpha value is -3.12. The third-order valence-corrected chi connectivity index (χ3v) is 5.89. The zero-order chi connectivity index (χ0) is 23.6. The van der Waals surface area contributed by atoms with Gasteiger partial charge in [0.05, 0.1) is 12.1 Å². The SMILES string of the molecule is Cc1ccc(Oc2cccc(C(O)C=CC3CCC(=O)N3CCCCCCC(=O)O)c2)cc1. The minimum atomic E-state index is -0.792. The van der Waals surface area contributed by atoms with E-state index in [4.69, 9.17) is 9.84 Å². The Kier molecular flexibility index (Phi) is 9.07. The first-order chi connectivity index (χ1) is 15.9. The van der Waals surface area contributed by atoms with Gasteiger partial charge < -0.3 is 19.8 Å². The van der Waals surface area contributed by atoms with Crippen molar-refractivity contribution in [2.24, 2.45) is 0 Å². The van der Waals surface area contributed by atoms with Crippen LogP contribution in [0.1, 0.15) is 62.2 Å². The third-order valence-electron chi connectivity index (χ3n) is 5.89. The Balaban J connectivity index is 1.53. The van der Waals surface area contributed by atoms with Crippen LogP contribution in [0.4, 0.5) is 0 Å². The van der Waals surface area contributed by atoms with E-state index in [1.54, 1.807) is 6.08 Å². The topological polar surface area (TPSA) is 87.1 Å². The first-order valence-electron chi connectivity index (χ1n) is 11.6. The lowest BCUT2D eigenvalue weighted by molar-refractivity contribution is -0.137. The molecule has 0 aliphatic carbocycles. The number of hydrogen-bond donors (Lipinski definition) is 2. The van der Waals surface area contributed by atoms with Crippen LogP contribution < -0.4 is 4.74 Å². The van der Waals surface area contributed by atoms with Gasteiger partial charge in [-0.15, -0.1) is 0 Å². The van der Waals surface area contributed by atoms with Gasteiger partial charge in [-0.05, 0) is 56.0 Å². The van der Waals surface area contributed by atoms with Crippen molar-refractivity contribution < 1.29 is 24.5 Å². The summed E-state index contributed by atoms with van der Waals surface area (Å²) in [6.07, 6.45) is 7.63. The summed E-state index contributed by atoms with van der Waals surface area (Å²) in [6, 6.07) is 15.2. The minimum Gasteiger partial charge on any atom is -0.481 e. The maximum absolute atomic E-state index is 12.3. The minimum absolute atomic E-state index is 0.0156. The molecule has 3 rings (SSSR count). The Bertz CT molecular complexity index is 953. The number of hydrogen-bond acceptors (Lipinski definition) is 4. The summed E-state index contributed by atoms with van der Waals surface area (Å²) >= 11 is 0. The monoisotopic (exact) mass is 451 g/mol. The summed E-state index contributed by atoms with van der Waals surface area (Å²) in [5, 5.41) is 19.4. The molecule has 2 aromatic rings. The van der Waals surface area contributed by atoms with E-state index in [1.165, 1.54) is 0 Å². The molecule has 0 radical (unpaired) electrons. The smallest absolute Gasteiger partial charge is 0.303 e. The van der Waals surface area contributed by atoms with Crippen molar-refractivity contribution in [3.05, 3.63) is 71.8 Å². The highest BCUT2D eigenvalue weighted by Crippen LogP contribution is 2.27. The van der Waals surface area contributed by atoms with E-state index >= 15 is 0 Å². The van der Waals surface area contributed by atoms with Crippen LogP contribution in [0, 0.1) is 6.92 Å².